The number of hydrogen-bond donors (Lipinski definition) is 0. The number of carbonyl (C=O) groups is 1. The van der Waals surface area contributed by atoms with E-state index in [0.29, 0.717) is 29.4 Å². The van der Waals surface area contributed by atoms with Crippen molar-refractivity contribution in [1.29, 1.82) is 0 Å². The van der Waals surface area contributed by atoms with Crippen LogP contribution in [0.3, 0.4) is 0 Å². The maximum atomic E-state index is 12.8. The second-order valence-corrected chi connectivity index (χ2v) is 6.87. The van der Waals surface area contributed by atoms with Crippen LogP contribution in [0.2, 0.25) is 0 Å². The Morgan fingerprint density at radius 2 is 1.52 bits per heavy atom. The summed E-state index contributed by atoms with van der Waals surface area (Å²) in [4.78, 5) is 12.8. The normalized spacial score (nSPS) is 10.4. The fraction of sp³-hybridized carbons (Fsp3) is 0.350. The molecule has 0 spiro atoms. The Bertz CT molecular complexity index is 709. The molecule has 1 atom stereocenters. The van der Waals surface area contributed by atoms with Gasteiger partial charge in [0, 0.05) is 12.1 Å². The van der Waals surface area contributed by atoms with Crippen LogP contribution in [0.15, 0.2) is 36.4 Å². The molecule has 0 aliphatic carbocycles. The molecular formula is C20H26LiO5P. The summed E-state index contributed by atoms with van der Waals surface area (Å²) >= 11 is 0. The molecule has 0 aliphatic heterocycles. The summed E-state index contributed by atoms with van der Waals surface area (Å²) in [5, 5.41) is 0.928. The first kappa shape index (κ1) is 23.4. The number of benzene rings is 2. The number of rotatable bonds is 10. The molecule has 2 rings (SSSR count). The fourth-order valence-electron chi connectivity index (χ4n) is 2.39. The first-order valence-electron chi connectivity index (χ1n) is 8.47. The standard InChI is InChI=1S/C20H25O5P.Li.H/c1-5-6-11-25-14-7-9-16(10-8-14)26-20(21)19-17(23-3)12-15(22-2)13-18(19)24-4;;/h7-10,12-13,26H,5-6,11H2,1-4H3;;. The average Bonchev–Trinajstić information content (AvgIpc) is 2.68. The van der Waals surface area contributed by atoms with Crippen molar-refractivity contribution >= 4 is 38.3 Å². The van der Waals surface area contributed by atoms with E-state index in [1.807, 2.05) is 24.3 Å². The van der Waals surface area contributed by atoms with E-state index in [4.69, 9.17) is 18.9 Å². The molecule has 0 radical (unpaired) electrons. The maximum absolute atomic E-state index is 12.8. The summed E-state index contributed by atoms with van der Waals surface area (Å²) in [7, 11) is 4.56. The van der Waals surface area contributed by atoms with E-state index in [9.17, 15) is 4.79 Å². The fourth-order valence-corrected chi connectivity index (χ4v) is 3.36. The summed E-state index contributed by atoms with van der Waals surface area (Å²) in [5.74, 6) is 2.28. The third kappa shape index (κ3) is 6.47. The quantitative estimate of drug-likeness (QED) is 0.357. The van der Waals surface area contributed by atoms with Crippen LogP contribution in [0.5, 0.6) is 23.0 Å². The van der Waals surface area contributed by atoms with E-state index in [-0.39, 0.29) is 33.0 Å². The van der Waals surface area contributed by atoms with Crippen LogP contribution in [0.25, 0.3) is 0 Å². The number of methoxy groups -OCH3 is 3. The molecule has 142 valence electrons. The monoisotopic (exact) mass is 384 g/mol. The number of ether oxygens (including phenoxy) is 4. The zero-order valence-corrected chi connectivity index (χ0v) is 16.6. The molecule has 0 aliphatic rings. The molecule has 0 heterocycles. The van der Waals surface area contributed by atoms with Gasteiger partial charge in [0.25, 0.3) is 0 Å². The molecule has 0 bridgehead atoms. The molecule has 7 heteroatoms. The van der Waals surface area contributed by atoms with Crippen LogP contribution in [-0.2, 0) is 0 Å². The van der Waals surface area contributed by atoms with E-state index >= 15 is 0 Å². The summed E-state index contributed by atoms with van der Waals surface area (Å²) in [6.07, 6.45) is 2.12. The second kappa shape index (κ2) is 11.9. The van der Waals surface area contributed by atoms with Crippen molar-refractivity contribution in [3.05, 3.63) is 42.0 Å². The Morgan fingerprint density at radius 3 is 2.00 bits per heavy atom. The first-order valence-corrected chi connectivity index (χ1v) is 9.47. The van der Waals surface area contributed by atoms with Crippen LogP contribution in [0.4, 0.5) is 0 Å². The summed E-state index contributed by atoms with van der Waals surface area (Å²) < 4.78 is 21.6. The topological polar surface area (TPSA) is 54.0 Å². The molecule has 0 N–H and O–H groups in total. The third-order valence-electron chi connectivity index (χ3n) is 3.82. The number of carbonyl (C=O) groups excluding carboxylic acids is 1. The molecule has 1 unspecified atom stereocenters. The van der Waals surface area contributed by atoms with E-state index in [1.165, 1.54) is 14.2 Å². The molecule has 2 aromatic carbocycles. The number of unbranched alkanes of at least 4 members (excludes halogenated alkanes) is 1. The van der Waals surface area contributed by atoms with Gasteiger partial charge in [0.1, 0.15) is 28.6 Å². The van der Waals surface area contributed by atoms with E-state index in [0.717, 1.165) is 23.9 Å². The third-order valence-corrected chi connectivity index (χ3v) is 4.92. The van der Waals surface area contributed by atoms with E-state index in [1.54, 1.807) is 19.2 Å². The predicted molar refractivity (Wildman–Crippen MR) is 112 cm³/mol. The van der Waals surface area contributed by atoms with Crippen molar-refractivity contribution in [2.75, 3.05) is 27.9 Å². The molecular weight excluding hydrogens is 358 g/mol. The molecule has 0 aromatic heterocycles. The van der Waals surface area contributed by atoms with Gasteiger partial charge in [-0.05, 0) is 32.4 Å². The molecule has 0 amide bonds. The predicted octanol–water partition coefficient (Wildman–Crippen LogP) is 3.39. The van der Waals surface area contributed by atoms with Crippen molar-refractivity contribution in [2.24, 2.45) is 0 Å². The van der Waals surface area contributed by atoms with Gasteiger partial charge in [-0.25, -0.2) is 0 Å². The molecule has 2 aromatic rings. The van der Waals surface area contributed by atoms with Gasteiger partial charge < -0.3 is 18.9 Å². The Balaban J connectivity index is 0.00000364. The summed E-state index contributed by atoms with van der Waals surface area (Å²) in [5.41, 5.74) is 0.374. The zero-order valence-electron chi connectivity index (χ0n) is 15.6. The van der Waals surface area contributed by atoms with Gasteiger partial charge in [0.05, 0.1) is 27.9 Å². The summed E-state index contributed by atoms with van der Waals surface area (Å²) in [6.45, 7) is 2.83. The molecule has 0 fully saturated rings. The Kier molecular flexibility index (Phi) is 10.3. The van der Waals surface area contributed by atoms with Crippen molar-refractivity contribution in [2.45, 2.75) is 19.8 Å². The Morgan fingerprint density at radius 1 is 0.926 bits per heavy atom. The Hall–Kier alpha value is -1.66. The Labute approximate surface area is 174 Å². The second-order valence-electron chi connectivity index (χ2n) is 5.59. The first-order chi connectivity index (χ1) is 12.6. The van der Waals surface area contributed by atoms with Crippen molar-refractivity contribution in [1.82, 2.24) is 0 Å². The van der Waals surface area contributed by atoms with Crippen molar-refractivity contribution in [3.8, 4) is 23.0 Å². The zero-order chi connectivity index (χ0) is 18.9. The van der Waals surface area contributed by atoms with Crippen LogP contribution >= 0.6 is 8.58 Å². The van der Waals surface area contributed by atoms with Crippen LogP contribution in [0, 0.1) is 0 Å². The van der Waals surface area contributed by atoms with Crippen molar-refractivity contribution in [3.63, 3.8) is 0 Å². The van der Waals surface area contributed by atoms with Gasteiger partial charge in [-0.1, -0.05) is 25.5 Å². The van der Waals surface area contributed by atoms with Crippen LogP contribution in [0.1, 0.15) is 30.1 Å². The molecule has 0 saturated heterocycles. The minimum atomic E-state index is -0.0546. The van der Waals surface area contributed by atoms with Gasteiger partial charge in [-0.15, -0.1) is 0 Å². The minimum absolute atomic E-state index is 0. The van der Waals surface area contributed by atoms with Gasteiger partial charge >= 0.3 is 18.9 Å². The number of hydrogen-bond acceptors (Lipinski definition) is 5. The van der Waals surface area contributed by atoms with Gasteiger partial charge in [0.2, 0.25) is 0 Å². The summed E-state index contributed by atoms with van der Waals surface area (Å²) in [6, 6.07) is 11.0. The molecule has 27 heavy (non-hydrogen) atoms. The van der Waals surface area contributed by atoms with Crippen molar-refractivity contribution < 1.29 is 23.7 Å². The SMILES string of the molecule is CCCCOc1ccc(PC(=O)c2c(OC)cc(OC)cc2OC)cc1.[LiH]. The van der Waals surface area contributed by atoms with E-state index in [2.05, 4.69) is 6.92 Å². The van der Waals surface area contributed by atoms with Gasteiger partial charge in [-0.3, -0.25) is 4.79 Å². The van der Waals surface area contributed by atoms with Crippen LogP contribution in [-0.4, -0.2) is 52.3 Å². The van der Waals surface area contributed by atoms with E-state index < -0.39 is 0 Å². The average molecular weight is 384 g/mol. The van der Waals surface area contributed by atoms with Gasteiger partial charge in [-0.2, -0.15) is 0 Å². The molecule has 0 saturated carbocycles. The molecule has 5 nitrogen and oxygen atoms in total. The van der Waals surface area contributed by atoms with Crippen LogP contribution < -0.4 is 24.3 Å². The van der Waals surface area contributed by atoms with Gasteiger partial charge in [0.15, 0.2) is 5.52 Å².